The first kappa shape index (κ1) is 9.62. The lowest BCUT2D eigenvalue weighted by molar-refractivity contribution is -0.0813. The summed E-state index contributed by atoms with van der Waals surface area (Å²) in [6, 6.07) is 0. The van der Waals surface area contributed by atoms with Crippen molar-refractivity contribution in [1.82, 2.24) is 5.06 Å². The minimum Gasteiger partial charge on any atom is -0.396 e. The van der Waals surface area contributed by atoms with E-state index >= 15 is 0 Å². The van der Waals surface area contributed by atoms with Gasteiger partial charge in [-0.25, -0.2) is 0 Å². The predicted molar refractivity (Wildman–Crippen MR) is 39.9 cm³/mol. The smallest absolute Gasteiger partial charge is 0.0431 e. The first-order valence-corrected chi connectivity index (χ1v) is 3.47. The van der Waals surface area contributed by atoms with Crippen molar-refractivity contribution in [2.45, 2.75) is 12.8 Å². The number of aliphatic hydroxyl groups is 1. The quantitative estimate of drug-likeness (QED) is 0.327. The van der Waals surface area contributed by atoms with Gasteiger partial charge < -0.3 is 10.3 Å². The monoisotopic (exact) mass is 145 g/mol. The first-order chi connectivity index (χ1) is 4.81. The molecular formula is C7H15NO2. The van der Waals surface area contributed by atoms with Crippen LogP contribution in [0.5, 0.6) is 0 Å². The molecule has 0 aliphatic carbocycles. The van der Waals surface area contributed by atoms with Crippen LogP contribution in [0.1, 0.15) is 12.8 Å². The van der Waals surface area contributed by atoms with Crippen LogP contribution in [0.3, 0.4) is 0 Å². The summed E-state index contributed by atoms with van der Waals surface area (Å²) in [6.07, 6.45) is 3.20. The normalized spacial score (nSPS) is 10.3. The van der Waals surface area contributed by atoms with Gasteiger partial charge in [-0.15, -0.1) is 6.58 Å². The summed E-state index contributed by atoms with van der Waals surface area (Å²) in [5.41, 5.74) is 0. The molecule has 0 heterocycles. The van der Waals surface area contributed by atoms with Gasteiger partial charge in [0.15, 0.2) is 0 Å². The molecule has 10 heavy (non-hydrogen) atoms. The molecule has 3 heteroatoms. The van der Waals surface area contributed by atoms with Crippen LogP contribution in [0, 0.1) is 0 Å². The summed E-state index contributed by atoms with van der Waals surface area (Å²) in [6.45, 7) is 4.77. The molecule has 3 nitrogen and oxygen atoms in total. The van der Waals surface area contributed by atoms with Crippen LogP contribution < -0.4 is 0 Å². The highest BCUT2D eigenvalue weighted by Gasteiger charge is 1.94. The van der Waals surface area contributed by atoms with Gasteiger partial charge in [-0.05, 0) is 12.8 Å². The largest absolute Gasteiger partial charge is 0.396 e. The number of hydroxylamine groups is 2. The van der Waals surface area contributed by atoms with Gasteiger partial charge in [-0.3, -0.25) is 0 Å². The minimum atomic E-state index is 0.196. The second-order valence-corrected chi connectivity index (χ2v) is 2.13. The highest BCUT2D eigenvalue weighted by Crippen LogP contribution is 1.90. The lowest BCUT2D eigenvalue weighted by Crippen LogP contribution is -2.20. The van der Waals surface area contributed by atoms with Crippen molar-refractivity contribution in [3.8, 4) is 0 Å². The van der Waals surface area contributed by atoms with E-state index in [4.69, 9.17) is 10.3 Å². The SMILES string of the molecule is C=CCN(O)CCCCO. The van der Waals surface area contributed by atoms with E-state index in [-0.39, 0.29) is 6.61 Å². The average molecular weight is 145 g/mol. The zero-order chi connectivity index (χ0) is 7.82. The molecule has 0 aliphatic heterocycles. The van der Waals surface area contributed by atoms with E-state index in [0.717, 1.165) is 12.8 Å². The highest BCUT2D eigenvalue weighted by molar-refractivity contribution is 4.68. The van der Waals surface area contributed by atoms with Gasteiger partial charge >= 0.3 is 0 Å². The van der Waals surface area contributed by atoms with E-state index < -0.39 is 0 Å². The Labute approximate surface area is 61.5 Å². The molecule has 0 aromatic rings. The molecule has 2 N–H and O–H groups in total. The molecule has 0 radical (unpaired) electrons. The summed E-state index contributed by atoms with van der Waals surface area (Å²) in [5.74, 6) is 0. The van der Waals surface area contributed by atoms with Gasteiger partial charge in [0, 0.05) is 19.7 Å². The standard InChI is InChI=1S/C7H15NO2/c1-2-5-8(10)6-3-4-7-9/h2,9-10H,1,3-7H2. The summed E-state index contributed by atoms with van der Waals surface area (Å²) in [7, 11) is 0. The van der Waals surface area contributed by atoms with E-state index in [1.807, 2.05) is 0 Å². The Morgan fingerprint density at radius 3 is 2.60 bits per heavy atom. The van der Waals surface area contributed by atoms with E-state index in [1.54, 1.807) is 6.08 Å². The molecule has 0 bridgehead atoms. The zero-order valence-corrected chi connectivity index (χ0v) is 6.16. The Hall–Kier alpha value is -0.380. The van der Waals surface area contributed by atoms with Crippen LogP contribution in [0.4, 0.5) is 0 Å². The second-order valence-electron chi connectivity index (χ2n) is 2.13. The van der Waals surface area contributed by atoms with Crippen molar-refractivity contribution in [3.63, 3.8) is 0 Å². The number of unbranched alkanes of at least 4 members (excludes halogenated alkanes) is 1. The van der Waals surface area contributed by atoms with E-state index in [9.17, 15) is 0 Å². The molecule has 0 saturated carbocycles. The molecule has 0 aromatic heterocycles. The van der Waals surface area contributed by atoms with Gasteiger partial charge in [0.05, 0.1) is 0 Å². The molecule has 0 spiro atoms. The number of rotatable bonds is 6. The van der Waals surface area contributed by atoms with Crippen LogP contribution in [-0.2, 0) is 0 Å². The van der Waals surface area contributed by atoms with E-state index in [1.165, 1.54) is 5.06 Å². The van der Waals surface area contributed by atoms with E-state index in [0.29, 0.717) is 13.1 Å². The fourth-order valence-electron chi connectivity index (χ4n) is 0.646. The maximum Gasteiger partial charge on any atom is 0.0431 e. The summed E-state index contributed by atoms with van der Waals surface area (Å²) < 4.78 is 0. The van der Waals surface area contributed by atoms with Crippen molar-refractivity contribution in [2.75, 3.05) is 19.7 Å². The van der Waals surface area contributed by atoms with Crippen LogP contribution >= 0.6 is 0 Å². The van der Waals surface area contributed by atoms with Crippen molar-refractivity contribution in [1.29, 1.82) is 0 Å². The maximum absolute atomic E-state index is 8.96. The third-order valence-electron chi connectivity index (χ3n) is 1.16. The number of nitrogens with zero attached hydrogens (tertiary/aromatic N) is 1. The minimum absolute atomic E-state index is 0.196. The zero-order valence-electron chi connectivity index (χ0n) is 6.16. The van der Waals surface area contributed by atoms with Crippen LogP contribution in [0.2, 0.25) is 0 Å². The highest BCUT2D eigenvalue weighted by atomic mass is 16.5. The molecule has 0 aliphatic rings. The van der Waals surface area contributed by atoms with Crippen molar-refractivity contribution >= 4 is 0 Å². The third-order valence-corrected chi connectivity index (χ3v) is 1.16. The summed E-state index contributed by atoms with van der Waals surface area (Å²) in [4.78, 5) is 0. The van der Waals surface area contributed by atoms with E-state index in [2.05, 4.69) is 6.58 Å². The molecule has 0 fully saturated rings. The van der Waals surface area contributed by atoms with Gasteiger partial charge in [0.25, 0.3) is 0 Å². The van der Waals surface area contributed by atoms with Gasteiger partial charge in [0.2, 0.25) is 0 Å². The van der Waals surface area contributed by atoms with Crippen molar-refractivity contribution < 1.29 is 10.3 Å². The summed E-state index contributed by atoms with van der Waals surface area (Å²) >= 11 is 0. The topological polar surface area (TPSA) is 43.7 Å². The van der Waals surface area contributed by atoms with Crippen LogP contribution in [-0.4, -0.2) is 35.1 Å². The lowest BCUT2D eigenvalue weighted by atomic mass is 10.3. The van der Waals surface area contributed by atoms with Gasteiger partial charge in [-0.2, -0.15) is 5.06 Å². The molecule has 60 valence electrons. The van der Waals surface area contributed by atoms with Gasteiger partial charge in [-0.1, -0.05) is 6.08 Å². The molecule has 0 aromatic carbocycles. The van der Waals surface area contributed by atoms with Crippen LogP contribution in [0.15, 0.2) is 12.7 Å². The molecule has 0 atom stereocenters. The average Bonchev–Trinajstić information content (AvgIpc) is 1.89. The molecule has 0 rings (SSSR count). The third kappa shape index (κ3) is 5.75. The van der Waals surface area contributed by atoms with Crippen LogP contribution in [0.25, 0.3) is 0 Å². The number of aliphatic hydroxyl groups excluding tert-OH is 1. The first-order valence-electron chi connectivity index (χ1n) is 3.47. The van der Waals surface area contributed by atoms with Crippen molar-refractivity contribution in [2.24, 2.45) is 0 Å². The molecule has 0 saturated heterocycles. The summed E-state index contributed by atoms with van der Waals surface area (Å²) in [5, 5.41) is 18.5. The van der Waals surface area contributed by atoms with Crippen molar-refractivity contribution in [3.05, 3.63) is 12.7 Å². The molecule has 0 amide bonds. The fraction of sp³-hybridized carbons (Fsp3) is 0.714. The lowest BCUT2D eigenvalue weighted by Gasteiger charge is -2.10. The fourth-order valence-corrected chi connectivity index (χ4v) is 0.646. The Morgan fingerprint density at radius 2 is 2.10 bits per heavy atom. The Balaban J connectivity index is 3.04. The second kappa shape index (κ2) is 6.74. The number of hydrogen-bond donors (Lipinski definition) is 2. The van der Waals surface area contributed by atoms with Gasteiger partial charge in [0.1, 0.15) is 0 Å². The Kier molecular flexibility index (Phi) is 6.48. The molecule has 0 unspecified atom stereocenters. The Morgan fingerprint density at radius 1 is 1.40 bits per heavy atom. The molecular weight excluding hydrogens is 130 g/mol. The number of hydrogen-bond acceptors (Lipinski definition) is 3. The Bertz CT molecular complexity index is 85.7. The maximum atomic E-state index is 8.96. The predicted octanol–water partition coefficient (Wildman–Crippen LogP) is 0.636.